The van der Waals surface area contributed by atoms with E-state index in [0.717, 1.165) is 0 Å². The predicted octanol–water partition coefficient (Wildman–Crippen LogP) is -0.811. The van der Waals surface area contributed by atoms with Gasteiger partial charge < -0.3 is 5.02 Å². The second-order valence-corrected chi connectivity index (χ2v) is 0.296. The molecule has 0 aromatic heterocycles. The first-order valence-electron chi connectivity index (χ1n) is 0.836. The first-order chi connectivity index (χ1) is 1.91. The smallest absolute Gasteiger partial charge is 0.388 e. The van der Waals surface area contributed by atoms with Crippen LogP contribution in [-0.2, 0) is 0 Å². The topological polar surface area (TPSA) is 20.2 Å². The summed E-state index contributed by atoms with van der Waals surface area (Å²) in [6.07, 6.45) is 4.47. The van der Waals surface area contributed by atoms with Crippen LogP contribution in [0.1, 0.15) is 0 Å². The van der Waals surface area contributed by atoms with E-state index in [2.05, 4.69) is 6.42 Å². The Hall–Kier alpha value is -0.415. The Morgan fingerprint density at radius 3 is 2.25 bits per heavy atom. The number of hydrogen-bond acceptors (Lipinski definition) is 1. The Labute approximate surface area is 25.9 Å². The molecule has 0 fully saturated rings. The molecule has 0 rings (SSSR count). The van der Waals surface area contributed by atoms with Gasteiger partial charge in [-0.15, -0.1) is 12.2 Å². The highest BCUT2D eigenvalue weighted by atomic mass is 16.2. The maximum atomic E-state index is 7.51. The van der Waals surface area contributed by atoms with Gasteiger partial charge in [0.05, 0.1) is 0 Å². The zero-order chi connectivity index (χ0) is 3.41. The Bertz CT molecular complexity index is 35.8. The first-order valence-corrected chi connectivity index (χ1v) is 0.836. The summed E-state index contributed by atoms with van der Waals surface area (Å²) in [5.41, 5.74) is 0. The normalized spacial score (nSPS) is 4.00. The van der Waals surface area contributed by atoms with Gasteiger partial charge >= 0.3 is 7.48 Å². The average Bonchev–Trinajstić information content (AvgIpc) is 1.37. The van der Waals surface area contributed by atoms with Crippen molar-refractivity contribution < 1.29 is 5.02 Å². The van der Waals surface area contributed by atoms with Gasteiger partial charge in [-0.1, -0.05) is 0 Å². The van der Waals surface area contributed by atoms with Crippen LogP contribution >= 0.6 is 0 Å². The van der Waals surface area contributed by atoms with Crippen LogP contribution in [0.3, 0.4) is 0 Å². The van der Waals surface area contributed by atoms with Crippen molar-refractivity contribution in [3.63, 3.8) is 0 Å². The van der Waals surface area contributed by atoms with Crippen LogP contribution in [0.15, 0.2) is 0 Å². The molecular weight excluding hydrogens is 50.8 g/mol. The number of hydrogen-bond donors (Lipinski definition) is 1. The van der Waals surface area contributed by atoms with Gasteiger partial charge in [0.15, 0.2) is 0 Å². The summed E-state index contributed by atoms with van der Waals surface area (Å²) in [4.78, 5) is 0. The van der Waals surface area contributed by atoms with E-state index in [-0.39, 0.29) is 0 Å². The SMILES string of the molecule is C#C[B]O. The highest BCUT2D eigenvalue weighted by molar-refractivity contribution is 6.36. The van der Waals surface area contributed by atoms with E-state index < -0.39 is 0 Å². The van der Waals surface area contributed by atoms with Crippen molar-refractivity contribution in [1.29, 1.82) is 0 Å². The van der Waals surface area contributed by atoms with E-state index in [4.69, 9.17) is 5.02 Å². The minimum Gasteiger partial charge on any atom is -0.443 e. The van der Waals surface area contributed by atoms with E-state index in [1.165, 1.54) is 0 Å². The van der Waals surface area contributed by atoms with Gasteiger partial charge in [-0.05, 0) is 0 Å². The van der Waals surface area contributed by atoms with Gasteiger partial charge in [0, 0.05) is 0 Å². The van der Waals surface area contributed by atoms with Crippen LogP contribution in [0.25, 0.3) is 0 Å². The lowest BCUT2D eigenvalue weighted by atomic mass is 10.1. The van der Waals surface area contributed by atoms with Gasteiger partial charge in [0.25, 0.3) is 0 Å². The van der Waals surface area contributed by atoms with E-state index in [1.54, 1.807) is 0 Å². The zero-order valence-electron chi connectivity index (χ0n) is 2.10. The maximum Gasteiger partial charge on any atom is 0.388 e. The molecule has 4 heavy (non-hydrogen) atoms. The monoisotopic (exact) mass is 53.0 g/mol. The molecule has 0 aromatic carbocycles. The molecule has 0 atom stereocenters. The van der Waals surface area contributed by atoms with Gasteiger partial charge in [0.1, 0.15) is 0 Å². The summed E-state index contributed by atoms with van der Waals surface area (Å²) in [5.74, 6) is 1.86. The van der Waals surface area contributed by atoms with Gasteiger partial charge in [0.2, 0.25) is 0 Å². The molecule has 0 saturated carbocycles. The van der Waals surface area contributed by atoms with Gasteiger partial charge in [-0.25, -0.2) is 0 Å². The summed E-state index contributed by atoms with van der Waals surface area (Å²) in [6.45, 7) is 0. The van der Waals surface area contributed by atoms with Crippen LogP contribution in [0.2, 0.25) is 0 Å². The molecule has 0 amide bonds. The molecule has 0 saturated heterocycles. The molecule has 0 aliphatic heterocycles. The van der Waals surface area contributed by atoms with Crippen LogP contribution in [-0.4, -0.2) is 12.5 Å². The molecule has 0 aromatic rings. The molecular formula is C2H2BO. The highest BCUT2D eigenvalue weighted by Crippen LogP contribution is 1.27. The minimum absolute atomic E-state index is 0.653. The summed E-state index contributed by atoms with van der Waals surface area (Å²) in [5, 5.41) is 7.51. The predicted molar refractivity (Wildman–Crippen MR) is 16.8 cm³/mol. The molecule has 2 heteroatoms. The quantitative estimate of drug-likeness (QED) is 0.282. The highest BCUT2D eigenvalue weighted by Gasteiger charge is 1.56. The second-order valence-electron chi connectivity index (χ2n) is 0.296. The van der Waals surface area contributed by atoms with Crippen molar-refractivity contribution >= 4 is 7.48 Å². The zero-order valence-corrected chi connectivity index (χ0v) is 2.10. The Morgan fingerprint density at radius 1 is 2.00 bits per heavy atom. The molecule has 1 N–H and O–H groups in total. The average molecular weight is 52.8 g/mol. The van der Waals surface area contributed by atoms with Crippen LogP contribution < -0.4 is 0 Å². The van der Waals surface area contributed by atoms with E-state index in [0.29, 0.717) is 7.48 Å². The van der Waals surface area contributed by atoms with E-state index in [9.17, 15) is 0 Å². The fourth-order valence-corrected chi connectivity index (χ4v) is 0. The van der Waals surface area contributed by atoms with Gasteiger partial charge in [-0.3, -0.25) is 0 Å². The first kappa shape index (κ1) is 3.58. The maximum absolute atomic E-state index is 7.51. The second kappa shape index (κ2) is 2.58. The number of terminal acetylenes is 1. The molecule has 0 aliphatic carbocycles. The third-order valence-electron chi connectivity index (χ3n) is 0.0745. The Kier molecular flexibility index (Phi) is 2.32. The Balaban J connectivity index is 2.43. The van der Waals surface area contributed by atoms with Crippen molar-refractivity contribution in [2.24, 2.45) is 0 Å². The lowest BCUT2D eigenvalue weighted by Gasteiger charge is -1.48. The lowest BCUT2D eigenvalue weighted by Crippen LogP contribution is -1.73. The minimum atomic E-state index is 0.653. The molecule has 19 valence electrons. The van der Waals surface area contributed by atoms with Crippen LogP contribution in [0.5, 0.6) is 0 Å². The fourth-order valence-electron chi connectivity index (χ4n) is 0. The molecule has 0 spiro atoms. The standard InChI is InChI=1S/C2H2BO/c1-2-3-4/h1,4H. The van der Waals surface area contributed by atoms with Crippen LogP contribution in [0, 0.1) is 12.2 Å². The van der Waals surface area contributed by atoms with Crippen molar-refractivity contribution in [3.05, 3.63) is 0 Å². The fraction of sp³-hybridized carbons (Fsp3) is 0. The number of rotatable bonds is 0. The molecule has 0 aliphatic rings. The molecule has 0 unspecified atom stereocenters. The van der Waals surface area contributed by atoms with E-state index in [1.807, 2.05) is 5.82 Å². The van der Waals surface area contributed by atoms with Crippen molar-refractivity contribution in [2.75, 3.05) is 0 Å². The summed E-state index contributed by atoms with van der Waals surface area (Å²) in [6, 6.07) is 0. The molecule has 1 radical (unpaired) electrons. The Morgan fingerprint density at radius 2 is 2.25 bits per heavy atom. The van der Waals surface area contributed by atoms with E-state index >= 15 is 0 Å². The summed E-state index contributed by atoms with van der Waals surface area (Å²) >= 11 is 0. The molecule has 0 heterocycles. The molecule has 0 bridgehead atoms. The third kappa shape index (κ3) is 1.58. The van der Waals surface area contributed by atoms with Crippen molar-refractivity contribution in [2.45, 2.75) is 0 Å². The lowest BCUT2D eigenvalue weighted by molar-refractivity contribution is 0.617. The third-order valence-corrected chi connectivity index (χ3v) is 0.0745. The summed E-state index contributed by atoms with van der Waals surface area (Å²) in [7, 11) is 0.653. The largest absolute Gasteiger partial charge is 0.443 e. The summed E-state index contributed by atoms with van der Waals surface area (Å²) < 4.78 is 0. The van der Waals surface area contributed by atoms with Gasteiger partial charge in [-0.2, -0.15) is 0 Å². The molecule has 1 nitrogen and oxygen atoms in total. The van der Waals surface area contributed by atoms with Crippen molar-refractivity contribution in [3.8, 4) is 12.2 Å². The van der Waals surface area contributed by atoms with Crippen molar-refractivity contribution in [1.82, 2.24) is 0 Å². The van der Waals surface area contributed by atoms with Crippen LogP contribution in [0.4, 0.5) is 0 Å².